The fourth-order valence-corrected chi connectivity index (χ4v) is 14.5. The van der Waals surface area contributed by atoms with Crippen molar-refractivity contribution in [1.82, 2.24) is 0 Å². The summed E-state index contributed by atoms with van der Waals surface area (Å²) in [6.45, 7) is 4.24. The highest BCUT2D eigenvalue weighted by Crippen LogP contribution is 2.63. The normalized spacial score (nSPS) is 14.4. The number of nitrogens with zero attached hydrogens (tertiary/aromatic N) is 2. The molecule has 62 heavy (non-hydrogen) atoms. The van der Waals surface area contributed by atoms with E-state index < -0.39 is 45.0 Å². The first-order chi connectivity index (χ1) is 29.9. The molecule has 0 amide bonds. The summed E-state index contributed by atoms with van der Waals surface area (Å²) in [5.41, 5.74) is 1.75. The molecule has 0 unspecified atom stereocenters. The van der Waals surface area contributed by atoms with E-state index in [-0.39, 0.29) is 37.7 Å². The van der Waals surface area contributed by atoms with Gasteiger partial charge in [0.2, 0.25) is 21.7 Å². The summed E-state index contributed by atoms with van der Waals surface area (Å²) < 4.78 is 56.3. The summed E-state index contributed by atoms with van der Waals surface area (Å²) in [7, 11) is 0. The van der Waals surface area contributed by atoms with E-state index >= 15 is 0 Å². The molecular weight excluding hydrogens is 873 g/mol. The second-order valence-electron chi connectivity index (χ2n) is 16.3. The molecular formula is C48H36F4N2O4S4. The lowest BCUT2D eigenvalue weighted by atomic mass is 9.68. The van der Waals surface area contributed by atoms with Crippen molar-refractivity contribution < 1.29 is 17.6 Å². The number of rotatable bonds is 10. The van der Waals surface area contributed by atoms with E-state index in [9.17, 15) is 36.7 Å². The smallest absolute Gasteiger partial charge is 0.216 e. The molecule has 0 saturated heterocycles. The molecule has 2 aliphatic rings. The van der Waals surface area contributed by atoms with Crippen molar-refractivity contribution in [3.63, 3.8) is 0 Å². The van der Waals surface area contributed by atoms with Crippen molar-refractivity contribution in [2.75, 3.05) is 0 Å². The summed E-state index contributed by atoms with van der Waals surface area (Å²) in [5, 5.41) is -0.444. The SMILES string of the molecule is CCCCc1cc(N=c2c(=O)c3cc(F)c(F)cc3c2=O)sc1-c1cc2c(s1)-c1sc(-c3sc(N=c4c(=O)c5cc(F)c(F)cc5c4=O)cc3CCCC)cc1C21CCCCC1. The molecule has 1 spiro atoms. The second kappa shape index (κ2) is 15.7. The molecule has 8 aromatic rings. The molecule has 4 heterocycles. The highest BCUT2D eigenvalue weighted by molar-refractivity contribution is 7.30. The average molecular weight is 909 g/mol. The van der Waals surface area contributed by atoms with Crippen LogP contribution in [-0.2, 0) is 18.3 Å². The lowest BCUT2D eigenvalue weighted by Gasteiger charge is -2.34. The molecule has 2 aliphatic carbocycles. The van der Waals surface area contributed by atoms with Crippen LogP contribution in [0.4, 0.5) is 27.6 Å². The number of halogens is 4. The molecule has 4 aromatic heterocycles. The summed E-state index contributed by atoms with van der Waals surface area (Å²) in [5.74, 6) is -4.77. The predicted molar refractivity (Wildman–Crippen MR) is 243 cm³/mol. The zero-order valence-corrected chi connectivity index (χ0v) is 36.8. The van der Waals surface area contributed by atoms with Gasteiger partial charge in [-0.15, -0.1) is 45.3 Å². The molecule has 4 aromatic carbocycles. The van der Waals surface area contributed by atoms with E-state index in [1.54, 1.807) is 22.7 Å². The molecule has 1 saturated carbocycles. The topological polar surface area (TPSA) is 93.0 Å². The number of benzene rings is 2. The fraction of sp³-hybridized carbons (Fsp3) is 0.292. The summed E-state index contributed by atoms with van der Waals surface area (Å²) in [6.07, 6.45) is 10.7. The molecule has 6 nitrogen and oxygen atoms in total. The van der Waals surface area contributed by atoms with Gasteiger partial charge in [0, 0.05) is 56.2 Å². The number of fused-ring (bicyclic) bond motifs is 7. The average Bonchev–Trinajstić information content (AvgIpc) is 4.13. The van der Waals surface area contributed by atoms with Crippen LogP contribution in [0, 0.1) is 23.3 Å². The van der Waals surface area contributed by atoms with Crippen LogP contribution in [-0.4, -0.2) is 0 Å². The predicted octanol–water partition coefficient (Wildman–Crippen LogP) is 11.7. The van der Waals surface area contributed by atoms with Gasteiger partial charge in [-0.25, -0.2) is 27.5 Å². The molecule has 0 aliphatic heterocycles. The van der Waals surface area contributed by atoms with Crippen molar-refractivity contribution in [3.05, 3.63) is 146 Å². The Morgan fingerprint density at radius 1 is 0.500 bits per heavy atom. The van der Waals surface area contributed by atoms with Crippen LogP contribution in [0.25, 0.3) is 50.8 Å². The van der Waals surface area contributed by atoms with Gasteiger partial charge in [-0.05, 0) is 109 Å². The Morgan fingerprint density at radius 2 is 0.871 bits per heavy atom. The fourth-order valence-electron chi connectivity index (χ4n) is 9.34. The van der Waals surface area contributed by atoms with Gasteiger partial charge in [0.05, 0.1) is 0 Å². The van der Waals surface area contributed by atoms with Crippen molar-refractivity contribution in [3.8, 4) is 29.3 Å². The molecule has 14 heteroatoms. The van der Waals surface area contributed by atoms with Gasteiger partial charge in [0.25, 0.3) is 0 Å². The zero-order chi connectivity index (χ0) is 43.2. The Kier molecular flexibility index (Phi) is 10.4. The van der Waals surface area contributed by atoms with Crippen LogP contribution in [0.3, 0.4) is 0 Å². The van der Waals surface area contributed by atoms with Crippen molar-refractivity contribution in [1.29, 1.82) is 0 Å². The van der Waals surface area contributed by atoms with E-state index in [0.717, 1.165) is 126 Å². The van der Waals surface area contributed by atoms with Crippen LogP contribution in [0.2, 0.25) is 0 Å². The maximum atomic E-state index is 14.1. The maximum absolute atomic E-state index is 14.1. The third-order valence-corrected chi connectivity index (χ3v) is 17.4. The Labute approximate surface area is 367 Å². The Balaban J connectivity index is 1.09. The highest BCUT2D eigenvalue weighted by atomic mass is 32.1. The first-order valence-corrected chi connectivity index (χ1v) is 24.1. The largest absolute Gasteiger partial charge is 0.287 e. The van der Waals surface area contributed by atoms with Crippen LogP contribution < -0.4 is 32.4 Å². The Morgan fingerprint density at radius 3 is 1.23 bits per heavy atom. The van der Waals surface area contributed by atoms with E-state index in [2.05, 4.69) is 36.0 Å². The number of unbranched alkanes of at least 4 members (excludes halogenated alkanes) is 2. The summed E-state index contributed by atoms with van der Waals surface area (Å²) >= 11 is 6.31. The molecule has 0 bridgehead atoms. The molecule has 0 radical (unpaired) electrons. The molecule has 10 rings (SSSR count). The van der Waals surface area contributed by atoms with Crippen LogP contribution >= 0.6 is 45.3 Å². The van der Waals surface area contributed by atoms with Crippen molar-refractivity contribution in [2.24, 2.45) is 9.98 Å². The molecule has 314 valence electrons. The lowest BCUT2D eigenvalue weighted by molar-refractivity contribution is 0.354. The minimum absolute atomic E-state index is 0.168. The molecule has 1 fully saturated rings. The number of thiophene rings is 4. The molecule has 0 N–H and O–H groups in total. The first-order valence-electron chi connectivity index (χ1n) is 20.8. The Bertz CT molecular complexity index is 3140. The quantitative estimate of drug-likeness (QED) is 0.128. The van der Waals surface area contributed by atoms with Crippen molar-refractivity contribution >= 4 is 76.9 Å². The van der Waals surface area contributed by atoms with E-state index in [0.29, 0.717) is 10.0 Å². The third-order valence-electron chi connectivity index (χ3n) is 12.5. The van der Waals surface area contributed by atoms with Gasteiger partial charge in [0.15, 0.2) is 34.0 Å². The van der Waals surface area contributed by atoms with Gasteiger partial charge in [-0.1, -0.05) is 46.0 Å². The minimum atomic E-state index is -1.19. The van der Waals surface area contributed by atoms with Gasteiger partial charge in [-0.2, -0.15) is 0 Å². The zero-order valence-electron chi connectivity index (χ0n) is 33.6. The summed E-state index contributed by atoms with van der Waals surface area (Å²) in [6, 6.07) is 11.6. The summed E-state index contributed by atoms with van der Waals surface area (Å²) in [4.78, 5) is 68.8. The number of hydrogen-bond donors (Lipinski definition) is 0. The third kappa shape index (κ3) is 6.50. The number of hydrogen-bond acceptors (Lipinski definition) is 10. The van der Waals surface area contributed by atoms with Crippen LogP contribution in [0.1, 0.15) is 93.9 Å². The second-order valence-corrected chi connectivity index (χ2v) is 20.5. The van der Waals surface area contributed by atoms with E-state index in [4.69, 9.17) is 0 Å². The van der Waals surface area contributed by atoms with Gasteiger partial charge in [0.1, 0.15) is 10.0 Å². The highest BCUT2D eigenvalue weighted by Gasteiger charge is 2.47. The van der Waals surface area contributed by atoms with Crippen LogP contribution in [0.5, 0.6) is 0 Å². The van der Waals surface area contributed by atoms with E-state index in [1.165, 1.54) is 43.6 Å². The minimum Gasteiger partial charge on any atom is -0.287 e. The number of aryl methyl sites for hydroxylation is 2. The van der Waals surface area contributed by atoms with Gasteiger partial charge >= 0.3 is 0 Å². The van der Waals surface area contributed by atoms with E-state index in [1.807, 2.05) is 12.1 Å². The van der Waals surface area contributed by atoms with Gasteiger partial charge < -0.3 is 0 Å². The lowest BCUT2D eigenvalue weighted by Crippen LogP contribution is -2.31. The first kappa shape index (κ1) is 41.0. The maximum Gasteiger partial charge on any atom is 0.216 e. The Hall–Kier alpha value is -5.02. The van der Waals surface area contributed by atoms with Crippen molar-refractivity contribution in [2.45, 2.75) is 89.9 Å². The monoisotopic (exact) mass is 908 g/mol. The standard InChI is InChI=1S/C48H36F4N2O4S4/c1-3-5-10-22-14-36(53-38-40(55)24-16-30(49)31(50)17-25(24)41(38)56)61-44(22)34-20-28-46(59-34)47-29(48(28)12-8-7-9-13-48)21-35(60-47)45-23(11-6-4-2)15-37(62-45)54-39-42(57)26-18-32(51)33(52)19-27(26)43(39)58/h14-21H,3-13H2,1-2H3. The van der Waals surface area contributed by atoms with Gasteiger partial charge in [-0.3, -0.25) is 19.2 Å². The molecule has 0 atom stereocenters. The van der Waals surface area contributed by atoms with Crippen LogP contribution in [0.15, 0.2) is 77.7 Å².